The van der Waals surface area contributed by atoms with Gasteiger partial charge in [-0.2, -0.15) is 4.31 Å². The topological polar surface area (TPSA) is 83.9 Å². The first kappa shape index (κ1) is 24.5. The smallest absolute Gasteiger partial charge is 0.406 e. The van der Waals surface area contributed by atoms with E-state index in [-0.39, 0.29) is 48.1 Å². The van der Waals surface area contributed by atoms with E-state index in [0.29, 0.717) is 5.56 Å². The average molecular weight is 492 g/mol. The number of aliphatic hydroxyl groups excluding tert-OH is 1. The fraction of sp³-hybridized carbons (Fsp3) is 0.381. The van der Waals surface area contributed by atoms with Crippen molar-refractivity contribution in [3.8, 4) is 5.75 Å². The zero-order chi connectivity index (χ0) is 23.6. The molecule has 0 spiro atoms. The van der Waals surface area contributed by atoms with Gasteiger partial charge in [0.2, 0.25) is 10.0 Å². The number of Topliss-reactive ketones (excluding diaryl/α,β-unsaturated/α-hetero) is 1. The number of benzene rings is 2. The Morgan fingerprint density at radius 1 is 1.09 bits per heavy atom. The first-order valence-electron chi connectivity index (χ1n) is 9.70. The molecule has 174 valence electrons. The molecule has 0 amide bonds. The molecule has 0 saturated carbocycles. The van der Waals surface area contributed by atoms with E-state index in [1.165, 1.54) is 28.6 Å². The summed E-state index contributed by atoms with van der Waals surface area (Å²) in [5.41, 5.74) is -0.670. The second-order valence-corrected chi connectivity index (χ2v) is 9.88. The van der Waals surface area contributed by atoms with Crippen molar-refractivity contribution in [1.82, 2.24) is 4.31 Å². The monoisotopic (exact) mass is 491 g/mol. The number of nitrogens with zero attached hydrogens (tertiary/aromatic N) is 1. The highest BCUT2D eigenvalue weighted by Crippen LogP contribution is 2.36. The van der Waals surface area contributed by atoms with E-state index in [9.17, 15) is 31.5 Å². The molecule has 11 heteroatoms. The summed E-state index contributed by atoms with van der Waals surface area (Å²) in [4.78, 5) is 12.9. The van der Waals surface area contributed by atoms with Gasteiger partial charge >= 0.3 is 6.36 Å². The minimum atomic E-state index is -4.81. The van der Waals surface area contributed by atoms with Gasteiger partial charge in [0.1, 0.15) is 16.4 Å². The molecule has 2 aromatic carbocycles. The Morgan fingerprint density at radius 3 is 2.22 bits per heavy atom. The molecule has 0 bridgehead atoms. The molecule has 1 N–H and O–H groups in total. The lowest BCUT2D eigenvalue weighted by molar-refractivity contribution is -0.274. The quantitative estimate of drug-likeness (QED) is 0.636. The fourth-order valence-electron chi connectivity index (χ4n) is 3.65. The largest absolute Gasteiger partial charge is 0.573 e. The van der Waals surface area contributed by atoms with Crippen LogP contribution in [-0.4, -0.2) is 49.7 Å². The van der Waals surface area contributed by atoms with E-state index in [2.05, 4.69) is 4.74 Å². The van der Waals surface area contributed by atoms with Crippen LogP contribution in [0.5, 0.6) is 5.75 Å². The summed E-state index contributed by atoms with van der Waals surface area (Å²) in [6, 6.07) is 11.0. The van der Waals surface area contributed by atoms with Crippen LogP contribution in [0.3, 0.4) is 0 Å². The SMILES string of the molecule is O=C(Cc1ccc(OC(F)(F)F)cc1)C1(CO)CCN(S(=O)(=O)c2ccccc2Cl)CC1. The average Bonchev–Trinajstić information content (AvgIpc) is 2.74. The lowest BCUT2D eigenvalue weighted by Crippen LogP contribution is -2.48. The first-order valence-corrected chi connectivity index (χ1v) is 11.5. The Morgan fingerprint density at radius 2 is 1.69 bits per heavy atom. The minimum Gasteiger partial charge on any atom is -0.406 e. The number of alkyl halides is 3. The summed E-state index contributed by atoms with van der Waals surface area (Å²) in [6.45, 7) is -0.405. The van der Waals surface area contributed by atoms with Gasteiger partial charge < -0.3 is 9.84 Å². The van der Waals surface area contributed by atoms with Crippen LogP contribution >= 0.6 is 11.6 Å². The summed E-state index contributed by atoms with van der Waals surface area (Å²) in [6.07, 6.45) is -4.69. The van der Waals surface area contributed by atoms with Crippen LogP contribution in [-0.2, 0) is 21.2 Å². The Kier molecular flexibility index (Phi) is 7.18. The summed E-state index contributed by atoms with van der Waals surface area (Å²) in [7, 11) is -3.85. The molecule has 0 aliphatic carbocycles. The minimum absolute atomic E-state index is 0.0225. The molecule has 0 atom stereocenters. The predicted octanol–water partition coefficient (Wildman–Crippen LogP) is 3.81. The van der Waals surface area contributed by atoms with Crippen molar-refractivity contribution >= 4 is 27.4 Å². The molecule has 1 aliphatic heterocycles. The highest BCUT2D eigenvalue weighted by atomic mass is 35.5. The second-order valence-electron chi connectivity index (χ2n) is 7.56. The van der Waals surface area contributed by atoms with E-state index in [1.807, 2.05) is 0 Å². The molecule has 6 nitrogen and oxygen atoms in total. The number of hydrogen-bond acceptors (Lipinski definition) is 5. The maximum Gasteiger partial charge on any atom is 0.573 e. The van der Waals surface area contributed by atoms with Gasteiger partial charge in [0, 0.05) is 19.5 Å². The number of ketones is 1. The van der Waals surface area contributed by atoms with Crippen LogP contribution in [0.1, 0.15) is 18.4 Å². The number of carbonyl (C=O) groups is 1. The van der Waals surface area contributed by atoms with Gasteiger partial charge in [-0.25, -0.2) is 8.42 Å². The van der Waals surface area contributed by atoms with E-state index in [4.69, 9.17) is 11.6 Å². The Labute approximate surface area is 188 Å². The van der Waals surface area contributed by atoms with Crippen LogP contribution in [0.15, 0.2) is 53.4 Å². The standard InChI is InChI=1S/C21H21ClF3NO5S/c22-17-3-1-2-4-18(17)32(29,30)26-11-9-20(14-27,10-12-26)19(28)13-15-5-7-16(8-6-15)31-21(23,24)25/h1-8,27H,9-14H2. The first-order chi connectivity index (χ1) is 15.0. The molecule has 1 heterocycles. The van der Waals surface area contributed by atoms with E-state index in [1.54, 1.807) is 12.1 Å². The van der Waals surface area contributed by atoms with Crippen LogP contribution in [0.25, 0.3) is 0 Å². The Bertz CT molecular complexity index is 1070. The van der Waals surface area contributed by atoms with E-state index < -0.39 is 34.2 Å². The van der Waals surface area contributed by atoms with Crippen LogP contribution in [0.4, 0.5) is 13.2 Å². The molecule has 1 saturated heterocycles. The number of halogens is 4. The van der Waals surface area contributed by atoms with Crippen molar-refractivity contribution in [3.63, 3.8) is 0 Å². The van der Waals surface area contributed by atoms with Crippen LogP contribution in [0.2, 0.25) is 5.02 Å². The lowest BCUT2D eigenvalue weighted by atomic mass is 9.74. The molecular formula is C21H21ClF3NO5S. The fourth-order valence-corrected chi connectivity index (χ4v) is 5.59. The summed E-state index contributed by atoms with van der Waals surface area (Å²) >= 11 is 6.03. The maximum atomic E-state index is 13.0. The van der Waals surface area contributed by atoms with Crippen LogP contribution in [0, 0.1) is 5.41 Å². The van der Waals surface area contributed by atoms with Crippen molar-refractivity contribution < 1.29 is 36.2 Å². The Hall–Kier alpha value is -2.14. The highest BCUT2D eigenvalue weighted by Gasteiger charge is 2.43. The van der Waals surface area contributed by atoms with Gasteiger partial charge in [0.05, 0.1) is 17.0 Å². The number of sulfonamides is 1. The van der Waals surface area contributed by atoms with Gasteiger partial charge in [0.25, 0.3) is 0 Å². The van der Waals surface area contributed by atoms with E-state index in [0.717, 1.165) is 12.1 Å². The van der Waals surface area contributed by atoms with Crippen molar-refractivity contribution in [1.29, 1.82) is 0 Å². The molecular weight excluding hydrogens is 471 g/mol. The van der Waals surface area contributed by atoms with Gasteiger partial charge in [-0.15, -0.1) is 13.2 Å². The van der Waals surface area contributed by atoms with Gasteiger partial charge in [-0.05, 0) is 42.7 Å². The highest BCUT2D eigenvalue weighted by molar-refractivity contribution is 7.89. The summed E-state index contributed by atoms with van der Waals surface area (Å²) < 4.78 is 67.7. The van der Waals surface area contributed by atoms with Crippen molar-refractivity contribution in [2.45, 2.75) is 30.5 Å². The van der Waals surface area contributed by atoms with Gasteiger partial charge in [0.15, 0.2) is 0 Å². The normalized spacial score (nSPS) is 17.2. The summed E-state index contributed by atoms with van der Waals surface area (Å²) in [5, 5.41) is 10.1. The third-order valence-corrected chi connectivity index (χ3v) is 7.95. The molecule has 3 rings (SSSR count). The van der Waals surface area contributed by atoms with Gasteiger partial charge in [-0.3, -0.25) is 4.79 Å². The third kappa shape index (κ3) is 5.43. The molecule has 0 radical (unpaired) electrons. The number of ether oxygens (including phenoxy) is 1. The third-order valence-electron chi connectivity index (χ3n) is 5.55. The Balaban J connectivity index is 1.68. The van der Waals surface area contributed by atoms with Crippen molar-refractivity contribution in [2.75, 3.05) is 19.7 Å². The molecule has 0 aromatic heterocycles. The van der Waals surface area contributed by atoms with Gasteiger partial charge in [-0.1, -0.05) is 35.9 Å². The number of rotatable bonds is 7. The van der Waals surface area contributed by atoms with Crippen LogP contribution < -0.4 is 4.74 Å². The zero-order valence-electron chi connectivity index (χ0n) is 16.8. The van der Waals surface area contributed by atoms with Crippen molar-refractivity contribution in [2.24, 2.45) is 5.41 Å². The molecule has 2 aromatic rings. The summed E-state index contributed by atoms with van der Waals surface area (Å²) in [5.74, 6) is -0.706. The molecule has 32 heavy (non-hydrogen) atoms. The number of piperidine rings is 1. The molecule has 1 fully saturated rings. The number of hydrogen-bond donors (Lipinski definition) is 1. The van der Waals surface area contributed by atoms with Crippen molar-refractivity contribution in [3.05, 3.63) is 59.1 Å². The molecule has 0 unspecified atom stereocenters. The maximum absolute atomic E-state index is 13.0. The molecule has 1 aliphatic rings. The van der Waals surface area contributed by atoms with E-state index >= 15 is 0 Å². The zero-order valence-corrected chi connectivity index (χ0v) is 18.4. The number of aliphatic hydroxyl groups is 1. The lowest BCUT2D eigenvalue weighted by Gasteiger charge is -2.39. The second kappa shape index (κ2) is 9.38. The predicted molar refractivity (Wildman–Crippen MR) is 111 cm³/mol. The number of carbonyl (C=O) groups excluding carboxylic acids is 1.